The van der Waals surface area contributed by atoms with Crippen LogP contribution in [0.1, 0.15) is 32.3 Å². The summed E-state index contributed by atoms with van der Waals surface area (Å²) in [7, 11) is 1.97. The average molecular weight is 382 g/mol. The van der Waals surface area contributed by atoms with E-state index in [1.165, 1.54) is 0 Å². The third-order valence-electron chi connectivity index (χ3n) is 4.88. The number of rotatable bonds is 7. The number of carbonyl (C=O) groups is 2. The molecule has 0 aromatic heterocycles. The summed E-state index contributed by atoms with van der Waals surface area (Å²) >= 11 is 0. The van der Waals surface area contributed by atoms with Crippen molar-refractivity contribution in [2.24, 2.45) is 11.8 Å². The van der Waals surface area contributed by atoms with Crippen LogP contribution in [0.25, 0.3) is 0 Å². The van der Waals surface area contributed by atoms with Crippen molar-refractivity contribution in [2.75, 3.05) is 26.7 Å². The van der Waals surface area contributed by atoms with Crippen LogP contribution in [0.3, 0.4) is 0 Å². The van der Waals surface area contributed by atoms with E-state index >= 15 is 0 Å². The van der Waals surface area contributed by atoms with Gasteiger partial charge in [0.25, 0.3) is 0 Å². The Morgan fingerprint density at radius 2 is 1.77 bits per heavy atom. The van der Waals surface area contributed by atoms with Gasteiger partial charge in [-0.3, -0.25) is 9.59 Å². The maximum atomic E-state index is 12.9. The summed E-state index contributed by atoms with van der Waals surface area (Å²) in [5.41, 5.74) is 0.961. The summed E-state index contributed by atoms with van der Waals surface area (Å²) in [5, 5.41) is 6.17. The first-order chi connectivity index (χ1) is 12.0. The van der Waals surface area contributed by atoms with Crippen molar-refractivity contribution < 1.29 is 9.59 Å². The zero-order valence-electron chi connectivity index (χ0n) is 16.0. The number of hydrogen-bond acceptors (Lipinski definition) is 3. The molecule has 1 atom stereocenters. The monoisotopic (exact) mass is 381 g/mol. The van der Waals surface area contributed by atoms with Crippen molar-refractivity contribution in [3.63, 3.8) is 0 Å². The minimum absolute atomic E-state index is 0. The SMILES string of the molecule is CNCC1CCN(C(=O)C(NC(=O)Cc2ccccc2)C(C)C)CC1.Cl. The zero-order valence-corrected chi connectivity index (χ0v) is 16.8. The molecule has 5 nitrogen and oxygen atoms in total. The van der Waals surface area contributed by atoms with Gasteiger partial charge in [0.05, 0.1) is 6.42 Å². The lowest BCUT2D eigenvalue weighted by Gasteiger charge is -2.35. The average Bonchev–Trinajstić information content (AvgIpc) is 2.61. The van der Waals surface area contributed by atoms with Gasteiger partial charge in [-0.2, -0.15) is 0 Å². The van der Waals surface area contributed by atoms with Gasteiger partial charge in [-0.15, -0.1) is 12.4 Å². The van der Waals surface area contributed by atoms with E-state index in [1.807, 2.05) is 56.1 Å². The van der Waals surface area contributed by atoms with Crippen LogP contribution in [0, 0.1) is 11.8 Å². The Morgan fingerprint density at radius 3 is 2.31 bits per heavy atom. The van der Waals surface area contributed by atoms with Crippen molar-refractivity contribution in [2.45, 2.75) is 39.2 Å². The van der Waals surface area contributed by atoms with Gasteiger partial charge in [0.15, 0.2) is 0 Å². The van der Waals surface area contributed by atoms with Crippen LogP contribution in [0.5, 0.6) is 0 Å². The van der Waals surface area contributed by atoms with Gasteiger partial charge in [0.1, 0.15) is 6.04 Å². The predicted molar refractivity (Wildman–Crippen MR) is 107 cm³/mol. The van der Waals surface area contributed by atoms with E-state index < -0.39 is 6.04 Å². The molecule has 1 saturated heterocycles. The molecule has 0 radical (unpaired) electrons. The van der Waals surface area contributed by atoms with Crippen molar-refractivity contribution in [3.05, 3.63) is 35.9 Å². The minimum Gasteiger partial charge on any atom is -0.344 e. The molecule has 0 saturated carbocycles. The predicted octanol–water partition coefficient (Wildman–Crippen LogP) is 2.25. The van der Waals surface area contributed by atoms with Crippen molar-refractivity contribution >= 4 is 24.2 Å². The minimum atomic E-state index is -0.447. The molecule has 0 bridgehead atoms. The van der Waals surface area contributed by atoms with Gasteiger partial charge in [-0.05, 0) is 43.8 Å². The summed E-state index contributed by atoms with van der Waals surface area (Å²) < 4.78 is 0. The highest BCUT2D eigenvalue weighted by atomic mass is 35.5. The van der Waals surface area contributed by atoms with Gasteiger partial charge in [-0.25, -0.2) is 0 Å². The molecule has 0 spiro atoms. The zero-order chi connectivity index (χ0) is 18.2. The Balaban J connectivity index is 0.00000338. The lowest BCUT2D eigenvalue weighted by atomic mass is 9.95. The van der Waals surface area contributed by atoms with Crippen molar-refractivity contribution in [1.82, 2.24) is 15.5 Å². The number of nitrogens with zero attached hydrogens (tertiary/aromatic N) is 1. The van der Waals surface area contributed by atoms with E-state index in [0.717, 1.165) is 38.0 Å². The summed E-state index contributed by atoms with van der Waals surface area (Å²) in [6.07, 6.45) is 2.35. The van der Waals surface area contributed by atoms with E-state index in [0.29, 0.717) is 12.3 Å². The first kappa shape index (κ1) is 22.5. The van der Waals surface area contributed by atoms with Crippen LogP contribution in [0.4, 0.5) is 0 Å². The van der Waals surface area contributed by atoms with Crippen LogP contribution in [-0.4, -0.2) is 49.4 Å². The smallest absolute Gasteiger partial charge is 0.245 e. The second kappa shape index (κ2) is 11.2. The molecule has 1 aromatic carbocycles. The second-order valence-electron chi connectivity index (χ2n) is 7.28. The fourth-order valence-electron chi connectivity index (χ4n) is 3.36. The largest absolute Gasteiger partial charge is 0.344 e. The fourth-order valence-corrected chi connectivity index (χ4v) is 3.36. The Morgan fingerprint density at radius 1 is 1.15 bits per heavy atom. The number of likely N-dealkylation sites (tertiary alicyclic amines) is 1. The molecule has 146 valence electrons. The number of benzene rings is 1. The van der Waals surface area contributed by atoms with Gasteiger partial charge in [0.2, 0.25) is 11.8 Å². The number of piperidine rings is 1. The van der Waals surface area contributed by atoms with Crippen LogP contribution in [0.2, 0.25) is 0 Å². The molecule has 2 amide bonds. The van der Waals surface area contributed by atoms with Crippen LogP contribution >= 0.6 is 12.4 Å². The van der Waals surface area contributed by atoms with Crippen LogP contribution in [-0.2, 0) is 16.0 Å². The molecule has 1 fully saturated rings. The third kappa shape index (κ3) is 6.61. The molecular formula is C20H32ClN3O2. The molecule has 1 aromatic rings. The van der Waals surface area contributed by atoms with E-state index in [1.54, 1.807) is 0 Å². The highest BCUT2D eigenvalue weighted by Crippen LogP contribution is 2.18. The molecular weight excluding hydrogens is 350 g/mol. The quantitative estimate of drug-likeness (QED) is 0.761. The normalized spacial score (nSPS) is 16.1. The molecule has 1 aliphatic rings. The lowest BCUT2D eigenvalue weighted by Crippen LogP contribution is -2.53. The van der Waals surface area contributed by atoms with Crippen LogP contribution in [0.15, 0.2) is 30.3 Å². The number of nitrogens with one attached hydrogen (secondary N) is 2. The van der Waals surface area contributed by atoms with Crippen molar-refractivity contribution in [3.8, 4) is 0 Å². The Labute approximate surface area is 163 Å². The Hall–Kier alpha value is -1.59. The molecule has 1 unspecified atom stereocenters. The summed E-state index contributed by atoms with van der Waals surface area (Å²) in [6, 6.07) is 9.18. The molecule has 2 rings (SSSR count). The lowest BCUT2D eigenvalue weighted by molar-refractivity contribution is -0.138. The number of amides is 2. The van der Waals surface area contributed by atoms with Crippen molar-refractivity contribution in [1.29, 1.82) is 0 Å². The Bertz CT molecular complexity index is 557. The van der Waals surface area contributed by atoms with E-state index in [2.05, 4.69) is 10.6 Å². The van der Waals surface area contributed by atoms with E-state index in [4.69, 9.17) is 0 Å². The summed E-state index contributed by atoms with van der Waals surface area (Å²) in [6.45, 7) is 6.54. The van der Waals surface area contributed by atoms with Crippen LogP contribution < -0.4 is 10.6 Å². The molecule has 0 aliphatic carbocycles. The standard InChI is InChI=1S/C20H31N3O2.ClH/c1-15(2)19(22-18(24)13-16-7-5-4-6-8-16)20(25)23-11-9-17(10-12-23)14-21-3;/h4-8,15,17,19,21H,9-14H2,1-3H3,(H,22,24);1H. The molecule has 26 heavy (non-hydrogen) atoms. The Kier molecular flexibility index (Phi) is 9.66. The summed E-state index contributed by atoms with van der Waals surface area (Å²) in [4.78, 5) is 27.2. The molecule has 1 heterocycles. The molecule has 2 N–H and O–H groups in total. The number of carbonyl (C=O) groups excluding carboxylic acids is 2. The fraction of sp³-hybridized carbons (Fsp3) is 0.600. The van der Waals surface area contributed by atoms with Gasteiger partial charge in [0, 0.05) is 13.1 Å². The maximum Gasteiger partial charge on any atom is 0.245 e. The molecule has 1 aliphatic heterocycles. The number of hydrogen-bond donors (Lipinski definition) is 2. The van der Waals surface area contributed by atoms with Gasteiger partial charge in [-0.1, -0.05) is 44.2 Å². The maximum absolute atomic E-state index is 12.9. The molecule has 6 heteroatoms. The summed E-state index contributed by atoms with van der Waals surface area (Å²) in [5.74, 6) is 0.670. The highest BCUT2D eigenvalue weighted by Gasteiger charge is 2.30. The highest BCUT2D eigenvalue weighted by molar-refractivity contribution is 5.88. The van der Waals surface area contributed by atoms with Gasteiger partial charge >= 0.3 is 0 Å². The first-order valence-corrected chi connectivity index (χ1v) is 9.28. The third-order valence-corrected chi connectivity index (χ3v) is 4.88. The number of halogens is 1. The first-order valence-electron chi connectivity index (χ1n) is 9.28. The topological polar surface area (TPSA) is 61.4 Å². The van der Waals surface area contributed by atoms with Gasteiger partial charge < -0.3 is 15.5 Å². The van der Waals surface area contributed by atoms with E-state index in [9.17, 15) is 9.59 Å². The van der Waals surface area contributed by atoms with E-state index in [-0.39, 0.29) is 30.1 Å². The second-order valence-corrected chi connectivity index (χ2v) is 7.28.